The lowest BCUT2D eigenvalue weighted by Gasteiger charge is -2.26. The van der Waals surface area contributed by atoms with E-state index in [1.54, 1.807) is 0 Å². The molecule has 2 atom stereocenters. The lowest BCUT2D eigenvalue weighted by atomic mass is 10.1. The van der Waals surface area contributed by atoms with E-state index in [4.69, 9.17) is 5.11 Å². The minimum atomic E-state index is -1.12. The summed E-state index contributed by atoms with van der Waals surface area (Å²) in [4.78, 5) is 32.4. The summed E-state index contributed by atoms with van der Waals surface area (Å²) in [6.07, 6.45) is -0.385. The third-order valence-electron chi connectivity index (χ3n) is 1.76. The first-order chi connectivity index (χ1) is 6.00. The molecule has 0 saturated carbocycles. The molecule has 1 aliphatic heterocycles. The van der Waals surface area contributed by atoms with Gasteiger partial charge in [0, 0.05) is 0 Å². The summed E-state index contributed by atoms with van der Waals surface area (Å²) in [5.41, 5.74) is 0. The maximum Gasteiger partial charge on any atom is 0.305 e. The van der Waals surface area contributed by atoms with Gasteiger partial charge in [0.25, 0.3) is 0 Å². The van der Waals surface area contributed by atoms with Crippen molar-refractivity contribution in [2.24, 2.45) is 0 Å². The zero-order chi connectivity index (χ0) is 10.0. The number of rotatable bonds is 2. The first-order valence-electron chi connectivity index (χ1n) is 3.83. The Balaban J connectivity index is 2.61. The van der Waals surface area contributed by atoms with Crippen LogP contribution in [-0.2, 0) is 14.4 Å². The van der Waals surface area contributed by atoms with E-state index in [0.717, 1.165) is 0 Å². The number of piperazine rings is 1. The molecule has 0 radical (unpaired) electrons. The van der Waals surface area contributed by atoms with Crippen molar-refractivity contribution in [1.29, 1.82) is 0 Å². The maximum absolute atomic E-state index is 11.1. The smallest absolute Gasteiger partial charge is 0.305 e. The molecule has 0 aromatic heterocycles. The van der Waals surface area contributed by atoms with Gasteiger partial charge in [0.05, 0.1) is 6.42 Å². The van der Waals surface area contributed by atoms with E-state index in [-0.39, 0.29) is 12.3 Å². The number of hydrogen-bond donors (Lipinski definition) is 3. The molecule has 1 saturated heterocycles. The standard InChI is InChI=1S/C7H10N2O4/c1-3-6(12)9-4(2-5(10)11)7(13)8-3/h3-4H,2H2,1H3,(H,8,13)(H,9,12)(H,10,11)/t3-,4-/m0/s1. The lowest BCUT2D eigenvalue weighted by molar-refractivity contribution is -0.143. The largest absolute Gasteiger partial charge is 0.481 e. The Bertz CT molecular complexity index is 263. The Labute approximate surface area is 74.3 Å². The number of amides is 2. The van der Waals surface area contributed by atoms with Gasteiger partial charge in [-0.2, -0.15) is 0 Å². The molecule has 72 valence electrons. The van der Waals surface area contributed by atoms with E-state index in [9.17, 15) is 14.4 Å². The van der Waals surface area contributed by atoms with Crippen LogP contribution in [0.3, 0.4) is 0 Å². The van der Waals surface area contributed by atoms with E-state index in [1.807, 2.05) is 0 Å². The van der Waals surface area contributed by atoms with Gasteiger partial charge >= 0.3 is 5.97 Å². The van der Waals surface area contributed by atoms with Crippen LogP contribution in [0.25, 0.3) is 0 Å². The third-order valence-corrected chi connectivity index (χ3v) is 1.76. The summed E-state index contributed by atoms with van der Waals surface area (Å²) < 4.78 is 0. The molecular formula is C7H10N2O4. The van der Waals surface area contributed by atoms with Crippen LogP contribution in [0.5, 0.6) is 0 Å². The second kappa shape index (κ2) is 3.42. The van der Waals surface area contributed by atoms with E-state index in [2.05, 4.69) is 10.6 Å². The average molecular weight is 186 g/mol. The molecule has 6 heteroatoms. The number of carboxylic acids is 1. The summed E-state index contributed by atoms with van der Waals surface area (Å²) in [6, 6.07) is -1.53. The average Bonchev–Trinajstić information content (AvgIpc) is 1.99. The predicted octanol–water partition coefficient (Wildman–Crippen LogP) is -1.54. The molecule has 6 nitrogen and oxygen atoms in total. The van der Waals surface area contributed by atoms with Gasteiger partial charge in [-0.05, 0) is 6.92 Å². The molecule has 0 aromatic carbocycles. The molecule has 3 N–H and O–H groups in total. The Morgan fingerprint density at radius 2 is 2.00 bits per heavy atom. The normalized spacial score (nSPS) is 27.8. The number of hydrogen-bond acceptors (Lipinski definition) is 3. The second-order valence-electron chi connectivity index (χ2n) is 2.89. The van der Waals surface area contributed by atoms with Crippen molar-refractivity contribution in [3.8, 4) is 0 Å². The highest BCUT2D eigenvalue weighted by Gasteiger charge is 2.32. The molecule has 1 aliphatic rings. The molecular weight excluding hydrogens is 176 g/mol. The highest BCUT2D eigenvalue weighted by atomic mass is 16.4. The molecule has 1 fully saturated rings. The number of aliphatic carboxylic acids is 1. The summed E-state index contributed by atoms with van der Waals surface area (Å²) in [6.45, 7) is 1.53. The molecule has 2 amide bonds. The van der Waals surface area contributed by atoms with Gasteiger partial charge in [0.2, 0.25) is 11.8 Å². The van der Waals surface area contributed by atoms with Crippen molar-refractivity contribution in [1.82, 2.24) is 10.6 Å². The Morgan fingerprint density at radius 1 is 1.38 bits per heavy atom. The fourth-order valence-corrected chi connectivity index (χ4v) is 1.06. The summed E-state index contributed by atoms with van der Waals surface area (Å²) in [7, 11) is 0. The maximum atomic E-state index is 11.1. The van der Waals surface area contributed by atoms with E-state index < -0.39 is 24.0 Å². The topological polar surface area (TPSA) is 95.5 Å². The number of carboxylic acid groups (broad SMARTS) is 1. The number of carbonyl (C=O) groups excluding carboxylic acids is 2. The van der Waals surface area contributed by atoms with Crippen molar-refractivity contribution in [3.63, 3.8) is 0 Å². The van der Waals surface area contributed by atoms with E-state index in [0.29, 0.717) is 0 Å². The highest BCUT2D eigenvalue weighted by molar-refractivity contribution is 5.98. The molecule has 0 unspecified atom stereocenters. The zero-order valence-corrected chi connectivity index (χ0v) is 7.03. The number of nitrogens with one attached hydrogen (secondary N) is 2. The minimum Gasteiger partial charge on any atom is -0.481 e. The molecule has 1 rings (SSSR count). The second-order valence-corrected chi connectivity index (χ2v) is 2.89. The van der Waals surface area contributed by atoms with Crippen molar-refractivity contribution in [3.05, 3.63) is 0 Å². The van der Waals surface area contributed by atoms with Gasteiger partial charge in [-0.1, -0.05) is 0 Å². The first-order valence-corrected chi connectivity index (χ1v) is 3.83. The van der Waals surface area contributed by atoms with Gasteiger partial charge < -0.3 is 15.7 Å². The highest BCUT2D eigenvalue weighted by Crippen LogP contribution is 2.00. The van der Waals surface area contributed by atoms with Crippen LogP contribution in [0.1, 0.15) is 13.3 Å². The van der Waals surface area contributed by atoms with Crippen LogP contribution in [0.15, 0.2) is 0 Å². The van der Waals surface area contributed by atoms with Crippen LogP contribution in [-0.4, -0.2) is 35.0 Å². The van der Waals surface area contributed by atoms with E-state index >= 15 is 0 Å². The molecule has 13 heavy (non-hydrogen) atoms. The van der Waals surface area contributed by atoms with Crippen LogP contribution in [0.2, 0.25) is 0 Å². The van der Waals surface area contributed by atoms with Gasteiger partial charge in [-0.25, -0.2) is 0 Å². The summed E-state index contributed by atoms with van der Waals surface area (Å²) in [5, 5.41) is 13.1. The Hall–Kier alpha value is -1.59. The molecule has 0 bridgehead atoms. The quantitative estimate of drug-likeness (QED) is 0.487. The third kappa shape index (κ3) is 2.17. The molecule has 0 aliphatic carbocycles. The lowest BCUT2D eigenvalue weighted by Crippen LogP contribution is -2.61. The zero-order valence-electron chi connectivity index (χ0n) is 7.03. The van der Waals surface area contributed by atoms with Gasteiger partial charge in [0.1, 0.15) is 12.1 Å². The predicted molar refractivity (Wildman–Crippen MR) is 41.8 cm³/mol. The van der Waals surface area contributed by atoms with E-state index in [1.165, 1.54) is 6.92 Å². The molecule has 0 spiro atoms. The fourth-order valence-electron chi connectivity index (χ4n) is 1.06. The van der Waals surface area contributed by atoms with Gasteiger partial charge in [-0.3, -0.25) is 14.4 Å². The van der Waals surface area contributed by atoms with Crippen molar-refractivity contribution in [2.45, 2.75) is 25.4 Å². The number of carbonyl (C=O) groups is 3. The molecule has 1 heterocycles. The summed E-state index contributed by atoms with van der Waals surface area (Å²) in [5.74, 6) is -1.92. The fraction of sp³-hybridized carbons (Fsp3) is 0.571. The SMILES string of the molecule is C[C@@H]1NC(=O)[C@H](CC(=O)O)NC1=O. The van der Waals surface area contributed by atoms with Crippen LogP contribution >= 0.6 is 0 Å². The molecule has 0 aromatic rings. The van der Waals surface area contributed by atoms with Crippen molar-refractivity contribution < 1.29 is 19.5 Å². The Morgan fingerprint density at radius 3 is 2.54 bits per heavy atom. The van der Waals surface area contributed by atoms with Crippen molar-refractivity contribution >= 4 is 17.8 Å². The Kier molecular flexibility index (Phi) is 2.50. The minimum absolute atomic E-state index is 0.356. The van der Waals surface area contributed by atoms with Crippen LogP contribution < -0.4 is 10.6 Å². The van der Waals surface area contributed by atoms with Crippen LogP contribution in [0.4, 0.5) is 0 Å². The first kappa shape index (κ1) is 9.50. The van der Waals surface area contributed by atoms with Crippen molar-refractivity contribution in [2.75, 3.05) is 0 Å². The summed E-state index contributed by atoms with van der Waals surface area (Å²) >= 11 is 0. The van der Waals surface area contributed by atoms with Gasteiger partial charge in [-0.15, -0.1) is 0 Å². The monoisotopic (exact) mass is 186 g/mol. The van der Waals surface area contributed by atoms with Crippen LogP contribution in [0, 0.1) is 0 Å². The van der Waals surface area contributed by atoms with Gasteiger partial charge in [0.15, 0.2) is 0 Å².